The molecule has 1 fully saturated rings. The summed E-state index contributed by atoms with van der Waals surface area (Å²) in [5.74, 6) is -1.87. The first-order valence-corrected chi connectivity index (χ1v) is 7.26. The topological polar surface area (TPSA) is 70.7 Å². The van der Waals surface area contributed by atoms with Crippen LogP contribution in [0.2, 0.25) is 0 Å². The molecule has 0 unspecified atom stereocenters. The Kier molecular flexibility index (Phi) is 6.29. The van der Waals surface area contributed by atoms with Crippen LogP contribution in [0.5, 0.6) is 0 Å². The van der Waals surface area contributed by atoms with Crippen LogP contribution in [0.4, 0.5) is 4.39 Å². The summed E-state index contributed by atoms with van der Waals surface area (Å²) < 4.78 is 18.6. The van der Waals surface area contributed by atoms with Gasteiger partial charge in [-0.1, -0.05) is 18.2 Å². The smallest absolute Gasteiger partial charge is 0.309 e. The quantitative estimate of drug-likeness (QED) is 0.745. The highest BCUT2D eigenvalue weighted by molar-refractivity contribution is 6.35. The molecule has 22 heavy (non-hydrogen) atoms. The van der Waals surface area contributed by atoms with Crippen molar-refractivity contribution >= 4 is 11.8 Å². The van der Waals surface area contributed by atoms with Crippen molar-refractivity contribution in [1.82, 2.24) is 15.5 Å². The second-order valence-corrected chi connectivity index (χ2v) is 4.98. The van der Waals surface area contributed by atoms with E-state index in [0.717, 1.165) is 13.1 Å². The Labute approximate surface area is 128 Å². The van der Waals surface area contributed by atoms with E-state index in [1.807, 2.05) is 0 Å². The fourth-order valence-electron chi connectivity index (χ4n) is 2.13. The number of halogens is 1. The van der Waals surface area contributed by atoms with Gasteiger partial charge in [0, 0.05) is 38.3 Å². The average molecular weight is 309 g/mol. The molecule has 0 bridgehead atoms. The molecule has 1 aromatic carbocycles. The molecule has 7 heteroatoms. The van der Waals surface area contributed by atoms with Gasteiger partial charge in [0.15, 0.2) is 0 Å². The van der Waals surface area contributed by atoms with Gasteiger partial charge in [-0.3, -0.25) is 14.5 Å². The van der Waals surface area contributed by atoms with Gasteiger partial charge in [0.2, 0.25) is 0 Å². The van der Waals surface area contributed by atoms with Gasteiger partial charge < -0.3 is 15.4 Å². The molecule has 0 radical (unpaired) electrons. The van der Waals surface area contributed by atoms with E-state index in [2.05, 4.69) is 15.5 Å². The minimum Gasteiger partial charge on any atom is -0.379 e. The van der Waals surface area contributed by atoms with E-state index >= 15 is 0 Å². The number of carbonyl (C=O) groups is 2. The van der Waals surface area contributed by atoms with Crippen molar-refractivity contribution in [2.45, 2.75) is 6.54 Å². The summed E-state index contributed by atoms with van der Waals surface area (Å²) in [6.45, 7) is 4.10. The van der Waals surface area contributed by atoms with Crippen LogP contribution in [0.15, 0.2) is 24.3 Å². The molecule has 0 aromatic heterocycles. The van der Waals surface area contributed by atoms with Gasteiger partial charge in [-0.25, -0.2) is 4.39 Å². The molecule has 1 heterocycles. The molecule has 2 N–H and O–H groups in total. The Hall–Kier alpha value is -1.99. The van der Waals surface area contributed by atoms with Gasteiger partial charge in [0.05, 0.1) is 13.2 Å². The lowest BCUT2D eigenvalue weighted by molar-refractivity contribution is -0.139. The standard InChI is InChI=1S/C15H20FN3O3/c16-13-4-2-1-3-12(13)11-18-15(21)14(20)17-5-6-19-7-9-22-10-8-19/h1-4H,5-11H2,(H,17,20)(H,18,21). The first-order chi connectivity index (χ1) is 10.7. The molecule has 1 aliphatic heterocycles. The predicted octanol–water partition coefficient (Wildman–Crippen LogP) is -0.110. The summed E-state index contributed by atoms with van der Waals surface area (Å²) in [4.78, 5) is 25.4. The number of nitrogens with zero attached hydrogens (tertiary/aromatic N) is 1. The number of ether oxygens (including phenoxy) is 1. The number of benzene rings is 1. The van der Waals surface area contributed by atoms with Crippen LogP contribution in [0.1, 0.15) is 5.56 Å². The predicted molar refractivity (Wildman–Crippen MR) is 78.5 cm³/mol. The van der Waals surface area contributed by atoms with Crippen LogP contribution in [0.25, 0.3) is 0 Å². The van der Waals surface area contributed by atoms with Crippen LogP contribution in [0.3, 0.4) is 0 Å². The molecule has 1 saturated heterocycles. The van der Waals surface area contributed by atoms with Crippen molar-refractivity contribution in [2.24, 2.45) is 0 Å². The number of rotatable bonds is 5. The molecule has 0 spiro atoms. The molecule has 1 aromatic rings. The third kappa shape index (κ3) is 5.09. The monoisotopic (exact) mass is 309 g/mol. The van der Waals surface area contributed by atoms with Crippen molar-refractivity contribution in [2.75, 3.05) is 39.4 Å². The fourth-order valence-corrected chi connectivity index (χ4v) is 2.13. The van der Waals surface area contributed by atoms with Crippen LogP contribution in [-0.2, 0) is 20.9 Å². The van der Waals surface area contributed by atoms with Gasteiger partial charge in [-0.15, -0.1) is 0 Å². The van der Waals surface area contributed by atoms with E-state index in [9.17, 15) is 14.0 Å². The molecule has 120 valence electrons. The first-order valence-electron chi connectivity index (χ1n) is 7.26. The Morgan fingerprint density at radius 2 is 1.82 bits per heavy atom. The van der Waals surface area contributed by atoms with Crippen LogP contribution in [-0.4, -0.2) is 56.1 Å². The molecular formula is C15H20FN3O3. The van der Waals surface area contributed by atoms with Gasteiger partial charge in [0.25, 0.3) is 0 Å². The van der Waals surface area contributed by atoms with Gasteiger partial charge >= 0.3 is 11.8 Å². The van der Waals surface area contributed by atoms with Gasteiger partial charge in [0.1, 0.15) is 5.82 Å². The lowest BCUT2D eigenvalue weighted by Crippen LogP contribution is -2.45. The van der Waals surface area contributed by atoms with E-state index < -0.39 is 17.6 Å². The Morgan fingerprint density at radius 3 is 2.55 bits per heavy atom. The summed E-state index contributed by atoms with van der Waals surface area (Å²) in [5.41, 5.74) is 0.344. The molecule has 0 saturated carbocycles. The van der Waals surface area contributed by atoms with Crippen molar-refractivity contribution < 1.29 is 18.7 Å². The van der Waals surface area contributed by atoms with Crippen molar-refractivity contribution in [3.8, 4) is 0 Å². The van der Waals surface area contributed by atoms with E-state index in [1.54, 1.807) is 18.2 Å². The zero-order valence-electron chi connectivity index (χ0n) is 12.3. The molecule has 2 rings (SSSR count). The van der Waals surface area contributed by atoms with Crippen molar-refractivity contribution in [3.05, 3.63) is 35.6 Å². The lowest BCUT2D eigenvalue weighted by atomic mass is 10.2. The zero-order chi connectivity index (χ0) is 15.8. The number of hydrogen-bond donors (Lipinski definition) is 2. The number of hydrogen-bond acceptors (Lipinski definition) is 4. The van der Waals surface area contributed by atoms with E-state index in [0.29, 0.717) is 31.9 Å². The summed E-state index contributed by atoms with van der Waals surface area (Å²) in [7, 11) is 0. The maximum absolute atomic E-state index is 13.4. The second-order valence-electron chi connectivity index (χ2n) is 4.98. The molecule has 1 aliphatic rings. The normalized spacial score (nSPS) is 15.3. The minimum atomic E-state index is -0.759. The number of carbonyl (C=O) groups excluding carboxylic acids is 2. The Morgan fingerprint density at radius 1 is 1.14 bits per heavy atom. The van der Waals surface area contributed by atoms with E-state index in [1.165, 1.54) is 6.07 Å². The largest absolute Gasteiger partial charge is 0.379 e. The Balaban J connectivity index is 1.66. The molecule has 6 nitrogen and oxygen atoms in total. The molecule has 0 aliphatic carbocycles. The highest BCUT2D eigenvalue weighted by Crippen LogP contribution is 2.05. The zero-order valence-corrected chi connectivity index (χ0v) is 12.3. The molecule has 0 atom stereocenters. The highest BCUT2D eigenvalue weighted by Gasteiger charge is 2.15. The maximum atomic E-state index is 13.4. The van der Waals surface area contributed by atoms with Gasteiger partial charge in [-0.05, 0) is 6.07 Å². The molecular weight excluding hydrogens is 289 g/mol. The Bertz CT molecular complexity index is 519. The van der Waals surface area contributed by atoms with Crippen molar-refractivity contribution in [1.29, 1.82) is 0 Å². The maximum Gasteiger partial charge on any atom is 0.309 e. The SMILES string of the molecule is O=C(NCCN1CCOCC1)C(=O)NCc1ccccc1F. The second kappa shape index (κ2) is 8.45. The number of morpholine rings is 1. The lowest BCUT2D eigenvalue weighted by Gasteiger charge is -2.26. The molecule has 2 amide bonds. The van der Waals surface area contributed by atoms with Crippen LogP contribution >= 0.6 is 0 Å². The fraction of sp³-hybridized carbons (Fsp3) is 0.467. The number of nitrogens with one attached hydrogen (secondary N) is 2. The summed E-state index contributed by atoms with van der Waals surface area (Å²) >= 11 is 0. The van der Waals surface area contributed by atoms with Gasteiger partial charge in [-0.2, -0.15) is 0 Å². The average Bonchev–Trinajstić information content (AvgIpc) is 2.54. The summed E-state index contributed by atoms with van der Waals surface area (Å²) in [6, 6.07) is 6.11. The number of amides is 2. The summed E-state index contributed by atoms with van der Waals surface area (Å²) in [6.07, 6.45) is 0. The van der Waals surface area contributed by atoms with Crippen LogP contribution in [0, 0.1) is 5.82 Å². The van der Waals surface area contributed by atoms with Crippen LogP contribution < -0.4 is 10.6 Å². The minimum absolute atomic E-state index is 0.0115. The highest BCUT2D eigenvalue weighted by atomic mass is 19.1. The first kappa shape index (κ1) is 16.4. The van der Waals surface area contributed by atoms with E-state index in [-0.39, 0.29) is 6.54 Å². The third-order valence-electron chi connectivity index (χ3n) is 3.42. The summed E-state index contributed by atoms with van der Waals surface area (Å²) in [5, 5.41) is 4.96. The third-order valence-corrected chi connectivity index (χ3v) is 3.42. The van der Waals surface area contributed by atoms with E-state index in [4.69, 9.17) is 4.74 Å². The van der Waals surface area contributed by atoms with Crippen molar-refractivity contribution in [3.63, 3.8) is 0 Å².